The van der Waals surface area contributed by atoms with Gasteiger partial charge >= 0.3 is 0 Å². The van der Waals surface area contributed by atoms with Crippen LogP contribution in [0, 0.1) is 0 Å². The number of rotatable bonds is 1. The van der Waals surface area contributed by atoms with E-state index in [2.05, 4.69) is 65.4 Å². The van der Waals surface area contributed by atoms with Gasteiger partial charge in [0.25, 0.3) is 0 Å². The average Bonchev–Trinajstić information content (AvgIpc) is 3.01. The predicted octanol–water partition coefficient (Wildman–Crippen LogP) is 5.76. The van der Waals surface area contributed by atoms with Crippen molar-refractivity contribution in [2.45, 2.75) is 12.8 Å². The molecule has 3 aromatic rings. The van der Waals surface area contributed by atoms with E-state index in [4.69, 9.17) is 16.6 Å². The lowest BCUT2D eigenvalue weighted by molar-refractivity contribution is 0.955. The van der Waals surface area contributed by atoms with Crippen LogP contribution in [0.3, 0.4) is 0 Å². The van der Waals surface area contributed by atoms with E-state index in [0.717, 1.165) is 40.9 Å². The van der Waals surface area contributed by atoms with E-state index < -0.39 is 0 Å². The predicted molar refractivity (Wildman–Crippen MR) is 100 cm³/mol. The zero-order chi connectivity index (χ0) is 16.1. The van der Waals surface area contributed by atoms with Crippen LogP contribution in [0.2, 0.25) is 0 Å². The van der Waals surface area contributed by atoms with Gasteiger partial charge in [-0.25, -0.2) is 4.99 Å². The second-order valence-corrected chi connectivity index (χ2v) is 6.52. The maximum atomic E-state index is 6.63. The summed E-state index contributed by atoms with van der Waals surface area (Å²) in [5.74, 6) is 0. The second kappa shape index (κ2) is 5.22. The first-order valence-electron chi connectivity index (χ1n) is 8.17. The van der Waals surface area contributed by atoms with Gasteiger partial charge in [-0.15, -0.1) is 0 Å². The Bertz CT molecular complexity index is 1010. The summed E-state index contributed by atoms with van der Waals surface area (Å²) in [6, 6.07) is 18.9. The van der Waals surface area contributed by atoms with Crippen molar-refractivity contribution in [1.29, 1.82) is 0 Å². The van der Waals surface area contributed by atoms with E-state index in [9.17, 15) is 0 Å². The number of aryl methyl sites for hydroxylation is 1. The third-order valence-electron chi connectivity index (χ3n) is 4.78. The van der Waals surface area contributed by atoms with Crippen molar-refractivity contribution in [2.24, 2.45) is 4.99 Å². The molecule has 0 saturated carbocycles. The van der Waals surface area contributed by atoms with Crippen molar-refractivity contribution < 1.29 is 0 Å². The number of hydrogen-bond acceptors (Lipinski definition) is 1. The minimum atomic E-state index is 0.582. The lowest BCUT2D eigenvalue weighted by Crippen LogP contribution is -2.06. The molecule has 5 rings (SSSR count). The number of benzene rings is 2. The normalized spacial score (nSPS) is 15.0. The third-order valence-corrected chi connectivity index (χ3v) is 5.07. The standard InChI is InChI=1S/C21H15ClN2/c22-21-17-10-4-8-15-12-13-24(20(15)17)18-11-5-9-16(19(18)23-21)14-6-2-1-3-7-14/h1-3,5-7,9-13H,4,8H2. The van der Waals surface area contributed by atoms with Crippen molar-refractivity contribution in [3.8, 4) is 16.8 Å². The van der Waals surface area contributed by atoms with Gasteiger partial charge in [-0.2, -0.15) is 0 Å². The molecule has 0 N–H and O–H groups in total. The van der Waals surface area contributed by atoms with Gasteiger partial charge in [-0.05, 0) is 36.1 Å². The van der Waals surface area contributed by atoms with Crippen LogP contribution in [0.15, 0.2) is 71.9 Å². The van der Waals surface area contributed by atoms with Gasteiger partial charge in [0.15, 0.2) is 0 Å². The fourth-order valence-corrected chi connectivity index (χ4v) is 3.93. The molecule has 0 spiro atoms. The van der Waals surface area contributed by atoms with Crippen molar-refractivity contribution in [3.63, 3.8) is 0 Å². The summed E-state index contributed by atoms with van der Waals surface area (Å²) in [7, 11) is 0. The van der Waals surface area contributed by atoms with Crippen LogP contribution in [0.4, 0.5) is 5.69 Å². The van der Waals surface area contributed by atoms with Gasteiger partial charge in [-0.3, -0.25) is 0 Å². The van der Waals surface area contributed by atoms with Crippen molar-refractivity contribution >= 4 is 28.0 Å². The molecule has 0 atom stereocenters. The molecule has 0 bridgehead atoms. The Morgan fingerprint density at radius 3 is 2.71 bits per heavy atom. The molecule has 1 aromatic heterocycles. The van der Waals surface area contributed by atoms with Crippen LogP contribution in [-0.2, 0) is 6.42 Å². The van der Waals surface area contributed by atoms with E-state index >= 15 is 0 Å². The number of para-hydroxylation sites is 1. The molecule has 0 amide bonds. The molecule has 116 valence electrons. The number of halogens is 1. The van der Waals surface area contributed by atoms with E-state index in [1.807, 2.05) is 6.07 Å². The van der Waals surface area contributed by atoms with Crippen LogP contribution in [-0.4, -0.2) is 9.74 Å². The molecule has 0 saturated heterocycles. The van der Waals surface area contributed by atoms with Crippen molar-refractivity contribution in [3.05, 3.63) is 78.1 Å². The van der Waals surface area contributed by atoms with Gasteiger partial charge in [-0.1, -0.05) is 60.1 Å². The number of aliphatic imine (C=N–C) groups is 1. The molecule has 0 unspecified atom stereocenters. The molecule has 2 aliphatic rings. The maximum absolute atomic E-state index is 6.63. The lowest BCUT2D eigenvalue weighted by Gasteiger charge is -2.15. The molecular formula is C21H15ClN2. The van der Waals surface area contributed by atoms with Gasteiger partial charge in [0, 0.05) is 17.3 Å². The quantitative estimate of drug-likeness (QED) is 0.540. The molecule has 24 heavy (non-hydrogen) atoms. The highest BCUT2D eigenvalue weighted by atomic mass is 35.5. The summed E-state index contributed by atoms with van der Waals surface area (Å²) in [4.78, 5) is 4.82. The highest BCUT2D eigenvalue weighted by molar-refractivity contribution is 6.76. The Morgan fingerprint density at radius 2 is 1.83 bits per heavy atom. The zero-order valence-corrected chi connectivity index (χ0v) is 13.8. The van der Waals surface area contributed by atoms with Crippen LogP contribution in [0.1, 0.15) is 17.7 Å². The summed E-state index contributed by atoms with van der Waals surface area (Å²) in [6.45, 7) is 0. The van der Waals surface area contributed by atoms with Gasteiger partial charge in [0.1, 0.15) is 5.17 Å². The van der Waals surface area contributed by atoms with Crippen LogP contribution in [0.25, 0.3) is 22.4 Å². The van der Waals surface area contributed by atoms with Crippen LogP contribution in [0.5, 0.6) is 0 Å². The van der Waals surface area contributed by atoms with Gasteiger partial charge in [0.2, 0.25) is 0 Å². The Kier molecular flexibility index (Phi) is 3.00. The van der Waals surface area contributed by atoms with Crippen LogP contribution < -0.4 is 0 Å². The van der Waals surface area contributed by atoms with Gasteiger partial charge in [0.05, 0.1) is 17.1 Å². The fourth-order valence-electron chi connectivity index (χ4n) is 3.68. The fraction of sp³-hybridized carbons (Fsp3) is 0.0952. The number of hydrogen-bond donors (Lipinski definition) is 0. The first-order chi connectivity index (χ1) is 11.8. The summed E-state index contributed by atoms with van der Waals surface area (Å²) < 4.78 is 2.24. The van der Waals surface area contributed by atoms with E-state index in [-0.39, 0.29) is 0 Å². The molecule has 0 radical (unpaired) electrons. The third kappa shape index (κ3) is 1.93. The summed E-state index contributed by atoms with van der Waals surface area (Å²) in [5, 5.41) is 0.582. The average molecular weight is 331 g/mol. The minimum Gasteiger partial charge on any atom is -0.314 e. The van der Waals surface area contributed by atoms with Crippen molar-refractivity contribution in [2.75, 3.05) is 0 Å². The Labute approximate surface area is 145 Å². The number of aromatic nitrogens is 1. The van der Waals surface area contributed by atoms with E-state index in [1.165, 1.54) is 11.3 Å². The number of allylic oxidation sites excluding steroid dienone is 2. The number of nitrogens with zero attached hydrogens (tertiary/aromatic N) is 2. The van der Waals surface area contributed by atoms with Gasteiger partial charge < -0.3 is 4.57 Å². The summed E-state index contributed by atoms with van der Waals surface area (Å²) in [5.41, 5.74) is 7.87. The second-order valence-electron chi connectivity index (χ2n) is 6.16. The Balaban J connectivity index is 1.86. The monoisotopic (exact) mass is 330 g/mol. The highest BCUT2D eigenvalue weighted by Gasteiger charge is 2.26. The van der Waals surface area contributed by atoms with E-state index in [1.54, 1.807) is 0 Å². The summed E-state index contributed by atoms with van der Waals surface area (Å²) in [6.07, 6.45) is 6.42. The van der Waals surface area contributed by atoms with Crippen LogP contribution >= 0.6 is 11.6 Å². The number of fused-ring (bicyclic) bond motifs is 2. The Morgan fingerprint density at radius 1 is 0.958 bits per heavy atom. The molecule has 2 nitrogen and oxygen atoms in total. The van der Waals surface area contributed by atoms with Crippen molar-refractivity contribution in [1.82, 2.24) is 4.57 Å². The smallest absolute Gasteiger partial charge is 0.138 e. The summed E-state index contributed by atoms with van der Waals surface area (Å²) >= 11 is 6.63. The zero-order valence-electron chi connectivity index (χ0n) is 13.0. The van der Waals surface area contributed by atoms with E-state index in [0.29, 0.717) is 5.17 Å². The molecular weight excluding hydrogens is 316 g/mol. The lowest BCUT2D eigenvalue weighted by atomic mass is 9.98. The largest absolute Gasteiger partial charge is 0.314 e. The molecule has 2 aromatic carbocycles. The topological polar surface area (TPSA) is 17.3 Å². The Hall–Kier alpha value is -2.58. The SMILES string of the molecule is ClC1=Nc2c(-c3ccccc3)cccc2-n2ccc3c2C1=CCC3. The molecule has 1 aliphatic carbocycles. The highest BCUT2D eigenvalue weighted by Crippen LogP contribution is 2.42. The molecule has 0 fully saturated rings. The minimum absolute atomic E-state index is 0.582. The molecule has 2 heterocycles. The maximum Gasteiger partial charge on any atom is 0.138 e. The molecule has 3 heteroatoms. The first kappa shape index (κ1) is 13.8. The molecule has 1 aliphatic heterocycles. The first-order valence-corrected chi connectivity index (χ1v) is 8.55.